The molecule has 6 heteroatoms. The number of halogens is 1. The molecule has 84 valence electrons. The molecule has 0 atom stereocenters. The van der Waals surface area contributed by atoms with Crippen molar-refractivity contribution in [2.75, 3.05) is 18.6 Å². The molecule has 0 fully saturated rings. The highest BCUT2D eigenvalue weighted by Gasteiger charge is 2.00. The second-order valence-electron chi connectivity index (χ2n) is 3.27. The van der Waals surface area contributed by atoms with Crippen molar-refractivity contribution < 1.29 is 8.42 Å². The fourth-order valence-corrected chi connectivity index (χ4v) is 1.73. The van der Waals surface area contributed by atoms with Gasteiger partial charge in [0.25, 0.3) is 0 Å². The lowest BCUT2D eigenvalue weighted by molar-refractivity contribution is 0.596. The smallest absolute Gasteiger partial charge is 0.148 e. The number of rotatable bonds is 5. The summed E-state index contributed by atoms with van der Waals surface area (Å²) in [5, 5.41) is 3.02. The van der Waals surface area contributed by atoms with Crippen LogP contribution in [0.1, 0.15) is 5.69 Å². The van der Waals surface area contributed by atoms with Gasteiger partial charge in [0.2, 0.25) is 0 Å². The van der Waals surface area contributed by atoms with E-state index in [2.05, 4.69) is 26.2 Å². The van der Waals surface area contributed by atoms with E-state index in [1.54, 1.807) is 6.20 Å². The molecule has 0 aliphatic carbocycles. The molecule has 1 N–H and O–H groups in total. The summed E-state index contributed by atoms with van der Waals surface area (Å²) in [6.07, 6.45) is 2.94. The van der Waals surface area contributed by atoms with Crippen LogP contribution in [0.25, 0.3) is 0 Å². The summed E-state index contributed by atoms with van der Waals surface area (Å²) < 4.78 is 22.6. The summed E-state index contributed by atoms with van der Waals surface area (Å²) in [5.74, 6) is 0.156. The minimum absolute atomic E-state index is 0.156. The van der Waals surface area contributed by atoms with Crippen LogP contribution in [0.5, 0.6) is 0 Å². The lowest BCUT2D eigenvalue weighted by atomic mass is 10.3. The van der Waals surface area contributed by atoms with E-state index in [4.69, 9.17) is 0 Å². The Kier molecular flexibility index (Phi) is 4.69. The van der Waals surface area contributed by atoms with Crippen molar-refractivity contribution in [3.8, 4) is 0 Å². The van der Waals surface area contributed by atoms with Gasteiger partial charge in [0.15, 0.2) is 0 Å². The zero-order chi connectivity index (χ0) is 11.3. The topological polar surface area (TPSA) is 59.1 Å². The third-order valence-electron chi connectivity index (χ3n) is 1.74. The first-order valence-electron chi connectivity index (χ1n) is 4.46. The van der Waals surface area contributed by atoms with Gasteiger partial charge in [-0.25, -0.2) is 8.42 Å². The van der Waals surface area contributed by atoms with Gasteiger partial charge in [0.05, 0.1) is 11.4 Å². The van der Waals surface area contributed by atoms with Crippen molar-refractivity contribution in [1.82, 2.24) is 10.3 Å². The lowest BCUT2D eigenvalue weighted by Gasteiger charge is -2.03. The predicted octanol–water partition coefficient (Wildman–Crippen LogP) is 0.978. The maximum Gasteiger partial charge on any atom is 0.148 e. The minimum atomic E-state index is -2.88. The summed E-state index contributed by atoms with van der Waals surface area (Å²) in [6, 6.07) is 3.79. The van der Waals surface area contributed by atoms with Gasteiger partial charge in [-0.05, 0) is 28.1 Å². The maximum absolute atomic E-state index is 10.8. The molecule has 0 aromatic carbocycles. The third-order valence-corrected chi connectivity index (χ3v) is 3.16. The molecule has 0 amide bonds. The Morgan fingerprint density at radius 3 is 2.73 bits per heavy atom. The fraction of sp³-hybridized carbons (Fsp3) is 0.444. The van der Waals surface area contributed by atoms with Crippen LogP contribution in [0, 0.1) is 0 Å². The highest BCUT2D eigenvalue weighted by Crippen LogP contribution is 2.06. The Morgan fingerprint density at radius 1 is 1.47 bits per heavy atom. The molecule has 0 aliphatic rings. The van der Waals surface area contributed by atoms with E-state index < -0.39 is 9.84 Å². The number of nitrogens with one attached hydrogen (secondary N) is 1. The normalized spacial score (nSPS) is 11.6. The van der Waals surface area contributed by atoms with Crippen molar-refractivity contribution in [2.24, 2.45) is 0 Å². The largest absolute Gasteiger partial charge is 0.310 e. The van der Waals surface area contributed by atoms with E-state index in [1.165, 1.54) is 6.26 Å². The average molecular weight is 293 g/mol. The number of sulfone groups is 1. The van der Waals surface area contributed by atoms with E-state index in [0.29, 0.717) is 13.1 Å². The molecule has 0 spiro atoms. The van der Waals surface area contributed by atoms with Gasteiger partial charge < -0.3 is 5.32 Å². The van der Waals surface area contributed by atoms with Crippen molar-refractivity contribution in [3.05, 3.63) is 28.5 Å². The minimum Gasteiger partial charge on any atom is -0.310 e. The Balaban J connectivity index is 2.29. The van der Waals surface area contributed by atoms with Gasteiger partial charge in [-0.1, -0.05) is 0 Å². The Hall–Kier alpha value is -0.460. The van der Waals surface area contributed by atoms with Gasteiger partial charge in [0, 0.05) is 30.0 Å². The molecular weight excluding hydrogens is 280 g/mol. The summed E-state index contributed by atoms with van der Waals surface area (Å²) in [4.78, 5) is 4.15. The number of hydrogen-bond donors (Lipinski definition) is 1. The SMILES string of the molecule is CS(=O)(=O)CCNCc1ccc(Br)cn1. The van der Waals surface area contributed by atoms with Gasteiger partial charge in [-0.15, -0.1) is 0 Å². The molecule has 4 nitrogen and oxygen atoms in total. The molecule has 0 unspecified atom stereocenters. The van der Waals surface area contributed by atoms with E-state index in [0.717, 1.165) is 10.2 Å². The zero-order valence-electron chi connectivity index (χ0n) is 8.40. The Bertz CT molecular complexity index is 403. The molecule has 1 aromatic heterocycles. The molecule has 0 radical (unpaired) electrons. The van der Waals surface area contributed by atoms with Crippen LogP contribution in [0.3, 0.4) is 0 Å². The van der Waals surface area contributed by atoms with Crippen molar-refractivity contribution in [1.29, 1.82) is 0 Å². The first kappa shape index (κ1) is 12.6. The van der Waals surface area contributed by atoms with Gasteiger partial charge in [-0.2, -0.15) is 0 Å². The molecule has 0 bridgehead atoms. The monoisotopic (exact) mass is 292 g/mol. The maximum atomic E-state index is 10.8. The zero-order valence-corrected chi connectivity index (χ0v) is 10.8. The van der Waals surface area contributed by atoms with Crippen molar-refractivity contribution >= 4 is 25.8 Å². The summed E-state index contributed by atoms with van der Waals surface area (Å²) in [5.41, 5.74) is 0.895. The Labute approximate surface area is 98.2 Å². The van der Waals surface area contributed by atoms with Crippen molar-refractivity contribution in [3.63, 3.8) is 0 Å². The molecule has 15 heavy (non-hydrogen) atoms. The van der Waals surface area contributed by atoms with Crippen LogP contribution in [0.15, 0.2) is 22.8 Å². The van der Waals surface area contributed by atoms with Crippen LogP contribution in [-0.2, 0) is 16.4 Å². The van der Waals surface area contributed by atoms with Crippen molar-refractivity contribution in [2.45, 2.75) is 6.54 Å². The standard InChI is InChI=1S/C9H13BrN2O2S/c1-15(13,14)5-4-11-7-9-3-2-8(10)6-12-9/h2-3,6,11H,4-5,7H2,1H3. The average Bonchev–Trinajstić information content (AvgIpc) is 2.14. The van der Waals surface area contributed by atoms with E-state index in [-0.39, 0.29) is 5.75 Å². The van der Waals surface area contributed by atoms with Gasteiger partial charge >= 0.3 is 0 Å². The number of pyridine rings is 1. The van der Waals surface area contributed by atoms with Gasteiger partial charge in [-0.3, -0.25) is 4.98 Å². The highest BCUT2D eigenvalue weighted by atomic mass is 79.9. The second-order valence-corrected chi connectivity index (χ2v) is 6.45. The van der Waals surface area contributed by atoms with E-state index >= 15 is 0 Å². The number of nitrogens with zero attached hydrogens (tertiary/aromatic N) is 1. The Morgan fingerprint density at radius 2 is 2.20 bits per heavy atom. The second kappa shape index (κ2) is 5.58. The quantitative estimate of drug-likeness (QED) is 0.822. The predicted molar refractivity (Wildman–Crippen MR) is 63.4 cm³/mol. The molecule has 0 saturated heterocycles. The first-order chi connectivity index (χ1) is 6.97. The van der Waals surface area contributed by atoms with Crippen LogP contribution in [0.4, 0.5) is 0 Å². The summed E-state index contributed by atoms with van der Waals surface area (Å²) >= 11 is 3.29. The fourth-order valence-electron chi connectivity index (χ4n) is 0.985. The van der Waals surface area contributed by atoms with Crippen LogP contribution in [0.2, 0.25) is 0 Å². The van der Waals surface area contributed by atoms with Crippen LogP contribution in [-0.4, -0.2) is 32.0 Å². The van der Waals surface area contributed by atoms with E-state index in [9.17, 15) is 8.42 Å². The van der Waals surface area contributed by atoms with E-state index in [1.807, 2.05) is 12.1 Å². The molecular formula is C9H13BrN2O2S. The molecule has 1 aromatic rings. The molecule has 0 saturated carbocycles. The first-order valence-corrected chi connectivity index (χ1v) is 7.31. The third kappa shape index (κ3) is 5.86. The van der Waals surface area contributed by atoms with Gasteiger partial charge in [0.1, 0.15) is 9.84 Å². The van der Waals surface area contributed by atoms with Crippen LogP contribution >= 0.6 is 15.9 Å². The molecule has 0 aliphatic heterocycles. The molecule has 1 heterocycles. The number of hydrogen-bond acceptors (Lipinski definition) is 4. The number of aromatic nitrogens is 1. The van der Waals surface area contributed by atoms with Crippen LogP contribution < -0.4 is 5.32 Å². The molecule has 1 rings (SSSR count). The summed E-state index contributed by atoms with van der Waals surface area (Å²) in [6.45, 7) is 1.04. The lowest BCUT2D eigenvalue weighted by Crippen LogP contribution is -2.22. The summed E-state index contributed by atoms with van der Waals surface area (Å²) in [7, 11) is -2.88. The highest BCUT2D eigenvalue weighted by molar-refractivity contribution is 9.10.